The van der Waals surface area contributed by atoms with Gasteiger partial charge in [0, 0.05) is 13.1 Å². The number of ether oxygens (including phenoxy) is 2. The number of para-hydroxylation sites is 2. The van der Waals surface area contributed by atoms with Gasteiger partial charge in [0.05, 0.1) is 11.0 Å². The number of rotatable bonds is 1. The van der Waals surface area contributed by atoms with Gasteiger partial charge in [-0.3, -0.25) is 0 Å². The molecule has 0 fully saturated rings. The van der Waals surface area contributed by atoms with Gasteiger partial charge < -0.3 is 41.8 Å². The number of hydrogen-bond donors (Lipinski definition) is 0. The maximum absolute atomic E-state index is 12.9. The van der Waals surface area contributed by atoms with Crippen molar-refractivity contribution in [1.29, 1.82) is 0 Å². The van der Waals surface area contributed by atoms with Crippen molar-refractivity contribution in [3.63, 3.8) is 0 Å². The van der Waals surface area contributed by atoms with Crippen molar-refractivity contribution in [3.8, 4) is 0 Å². The molecule has 1 aliphatic heterocycles. The zero-order valence-corrected chi connectivity index (χ0v) is 20.5. The fourth-order valence-electron chi connectivity index (χ4n) is 3.10. The van der Waals surface area contributed by atoms with Crippen LogP contribution in [0.1, 0.15) is 53.8 Å². The molecule has 10 N–H and O–H groups in total. The Morgan fingerprint density at radius 3 is 1.88 bits per heavy atom. The first-order valence-corrected chi connectivity index (χ1v) is 9.83. The van der Waals surface area contributed by atoms with Crippen molar-refractivity contribution in [2.24, 2.45) is 0 Å². The van der Waals surface area contributed by atoms with Crippen LogP contribution in [0, 0.1) is 0 Å². The molecule has 1 aromatic heterocycles. The molecule has 0 saturated carbocycles. The summed E-state index contributed by atoms with van der Waals surface area (Å²) < 4.78 is 12.6. The number of nitrogens with zero attached hydrogens (tertiary/aromatic N) is 3. The second-order valence-corrected chi connectivity index (χ2v) is 9.15. The van der Waals surface area contributed by atoms with Crippen molar-refractivity contribution < 1.29 is 46.4 Å². The van der Waals surface area contributed by atoms with Crippen LogP contribution in [0.5, 0.6) is 0 Å². The second kappa shape index (κ2) is 13.0. The van der Waals surface area contributed by atoms with E-state index in [1.807, 2.05) is 71.9 Å². The van der Waals surface area contributed by atoms with E-state index < -0.39 is 17.3 Å². The van der Waals surface area contributed by atoms with Crippen LogP contribution in [0.2, 0.25) is 0 Å². The Labute approximate surface area is 198 Å². The highest BCUT2D eigenvalue weighted by molar-refractivity contribution is 5.91. The molecule has 0 bridgehead atoms. The van der Waals surface area contributed by atoms with Gasteiger partial charge in [-0.1, -0.05) is 18.2 Å². The molecule has 0 aliphatic carbocycles. The number of amides is 1. The number of benzene rings is 1. The van der Waals surface area contributed by atoms with Gasteiger partial charge in [0.2, 0.25) is 0 Å². The van der Waals surface area contributed by atoms with E-state index in [9.17, 15) is 9.59 Å². The highest BCUT2D eigenvalue weighted by Gasteiger charge is 2.28. The molecule has 34 heavy (non-hydrogen) atoms. The van der Waals surface area contributed by atoms with Crippen LogP contribution >= 0.6 is 0 Å². The van der Waals surface area contributed by atoms with Gasteiger partial charge in [-0.05, 0) is 65.7 Å². The highest BCUT2D eigenvalue weighted by Crippen LogP contribution is 2.27. The topological polar surface area (TPSA) is 231 Å². The smallest absolute Gasteiger partial charge is 0.420 e. The van der Waals surface area contributed by atoms with Gasteiger partial charge in [-0.15, -0.1) is 0 Å². The SMILES string of the molecule is CC(C)(C)OC(=O)N1CC=C(c2nc3ccccc3n2C(=O)OC(C)(C)C)CC1.O.O.O.O.O. The summed E-state index contributed by atoms with van der Waals surface area (Å²) in [6, 6.07) is 7.48. The molecule has 3 rings (SSSR count). The summed E-state index contributed by atoms with van der Waals surface area (Å²) in [6.07, 6.45) is 1.70. The van der Waals surface area contributed by atoms with Gasteiger partial charge in [0.25, 0.3) is 0 Å². The average Bonchev–Trinajstić information content (AvgIpc) is 2.98. The maximum atomic E-state index is 12.9. The first-order chi connectivity index (χ1) is 13.4. The molecule has 196 valence electrons. The Morgan fingerprint density at radius 1 is 0.853 bits per heavy atom. The van der Waals surface area contributed by atoms with Crippen LogP contribution in [0.3, 0.4) is 0 Å². The minimum Gasteiger partial charge on any atom is -0.444 e. The predicted molar refractivity (Wildman–Crippen MR) is 130 cm³/mol. The van der Waals surface area contributed by atoms with E-state index >= 15 is 0 Å². The van der Waals surface area contributed by atoms with Gasteiger partial charge in [0.1, 0.15) is 17.0 Å². The van der Waals surface area contributed by atoms with E-state index in [1.165, 1.54) is 4.57 Å². The second-order valence-electron chi connectivity index (χ2n) is 9.15. The number of hydrogen-bond acceptors (Lipinski definition) is 5. The Bertz CT molecular complexity index is 972. The summed E-state index contributed by atoms with van der Waals surface area (Å²) in [5, 5.41) is 0. The van der Waals surface area contributed by atoms with E-state index in [2.05, 4.69) is 4.98 Å². The lowest BCUT2D eigenvalue weighted by molar-refractivity contribution is 0.0269. The zero-order valence-electron chi connectivity index (χ0n) is 20.5. The maximum Gasteiger partial charge on any atom is 0.420 e. The van der Waals surface area contributed by atoms with Gasteiger partial charge in [0.15, 0.2) is 0 Å². The Balaban J connectivity index is -0.00000192. The summed E-state index contributed by atoms with van der Waals surface area (Å²) >= 11 is 0. The summed E-state index contributed by atoms with van der Waals surface area (Å²) in [4.78, 5) is 31.6. The standard InChI is InChI=1S/C22H29N3O4.5H2O/c1-21(2,3)28-19(26)24-13-11-15(12-14-24)18-23-16-9-7-8-10-17(16)25(18)20(27)29-22(4,5)6;;;;;/h7-11H,12-14H2,1-6H3;5*1H2. The summed E-state index contributed by atoms with van der Waals surface area (Å²) in [5.74, 6) is 0.560. The van der Waals surface area contributed by atoms with E-state index in [0.29, 0.717) is 30.9 Å². The molecule has 0 unspecified atom stereocenters. The van der Waals surface area contributed by atoms with E-state index in [-0.39, 0.29) is 33.5 Å². The van der Waals surface area contributed by atoms with Gasteiger partial charge in [-0.2, -0.15) is 0 Å². The Morgan fingerprint density at radius 2 is 1.38 bits per heavy atom. The molecule has 0 spiro atoms. The van der Waals surface area contributed by atoms with Crippen molar-refractivity contribution >= 4 is 28.8 Å². The Kier molecular flexibility index (Phi) is 13.6. The van der Waals surface area contributed by atoms with Gasteiger partial charge in [-0.25, -0.2) is 19.1 Å². The molecule has 2 aromatic rings. The van der Waals surface area contributed by atoms with Crippen LogP contribution in [-0.2, 0) is 9.47 Å². The average molecular weight is 490 g/mol. The number of carbonyl (C=O) groups is 2. The van der Waals surface area contributed by atoms with Crippen molar-refractivity contribution in [2.75, 3.05) is 13.1 Å². The van der Waals surface area contributed by atoms with Crippen LogP contribution in [0.25, 0.3) is 16.6 Å². The molecule has 0 atom stereocenters. The molecule has 1 aliphatic rings. The molecule has 1 aromatic carbocycles. The van der Waals surface area contributed by atoms with Crippen LogP contribution in [0.4, 0.5) is 9.59 Å². The van der Waals surface area contributed by atoms with E-state index in [4.69, 9.17) is 9.47 Å². The van der Waals surface area contributed by atoms with Gasteiger partial charge >= 0.3 is 12.2 Å². The quantitative estimate of drug-likeness (QED) is 0.561. The number of fused-ring (bicyclic) bond motifs is 1. The lowest BCUT2D eigenvalue weighted by Crippen LogP contribution is -2.39. The summed E-state index contributed by atoms with van der Waals surface area (Å²) in [7, 11) is 0. The first-order valence-electron chi connectivity index (χ1n) is 9.83. The lowest BCUT2D eigenvalue weighted by Gasteiger charge is -2.29. The predicted octanol–water partition coefficient (Wildman–Crippen LogP) is 0.720. The van der Waals surface area contributed by atoms with Crippen LogP contribution in [0.15, 0.2) is 30.3 Å². The van der Waals surface area contributed by atoms with E-state index in [0.717, 1.165) is 11.1 Å². The minimum absolute atomic E-state index is 0. The third-order valence-corrected chi connectivity index (χ3v) is 4.28. The molecule has 2 heterocycles. The monoisotopic (exact) mass is 489 g/mol. The van der Waals surface area contributed by atoms with Crippen molar-refractivity contribution in [3.05, 3.63) is 36.2 Å². The fraction of sp³-hybridized carbons (Fsp3) is 0.500. The van der Waals surface area contributed by atoms with Crippen LogP contribution in [-0.4, -0.2) is 78.3 Å². The normalized spacial score (nSPS) is 13.0. The zero-order chi connectivity index (χ0) is 21.4. The van der Waals surface area contributed by atoms with Crippen molar-refractivity contribution in [2.45, 2.75) is 59.2 Å². The molecule has 12 nitrogen and oxygen atoms in total. The Hall–Kier alpha value is -3.03. The number of aromatic nitrogens is 2. The summed E-state index contributed by atoms with van der Waals surface area (Å²) in [6.45, 7) is 11.9. The van der Waals surface area contributed by atoms with Crippen molar-refractivity contribution in [1.82, 2.24) is 14.5 Å². The fourth-order valence-corrected chi connectivity index (χ4v) is 3.10. The molecule has 1 amide bonds. The van der Waals surface area contributed by atoms with Crippen LogP contribution < -0.4 is 0 Å². The molecule has 0 radical (unpaired) electrons. The number of imidazole rings is 1. The number of carbonyl (C=O) groups excluding carboxylic acids is 2. The molecule has 12 heteroatoms. The molecular weight excluding hydrogens is 450 g/mol. The third kappa shape index (κ3) is 8.39. The largest absolute Gasteiger partial charge is 0.444 e. The minimum atomic E-state index is -0.617. The first kappa shape index (κ1) is 35.6. The highest BCUT2D eigenvalue weighted by atomic mass is 16.6. The van der Waals surface area contributed by atoms with E-state index in [1.54, 1.807) is 4.90 Å². The molecule has 0 saturated heterocycles. The third-order valence-electron chi connectivity index (χ3n) is 4.28. The summed E-state index contributed by atoms with van der Waals surface area (Å²) in [5.41, 5.74) is 1.18. The molecular formula is C22H39N3O9. The lowest BCUT2D eigenvalue weighted by atomic mass is 10.1.